The number of hydrogen-bond acceptors (Lipinski definition) is 4. The lowest BCUT2D eigenvalue weighted by molar-refractivity contribution is 1.09. The van der Waals surface area contributed by atoms with E-state index in [1.165, 1.54) is 0 Å². The summed E-state index contributed by atoms with van der Waals surface area (Å²) in [6.45, 7) is 0. The minimum Gasteiger partial charge on any atom is -0.255 e. The van der Waals surface area contributed by atoms with Gasteiger partial charge in [0.1, 0.15) is 0 Å². The van der Waals surface area contributed by atoms with Gasteiger partial charge in [-0.15, -0.1) is 0 Å². The first-order chi connectivity index (χ1) is 9.93. The second-order valence-electron chi connectivity index (χ2n) is 4.13. The van der Waals surface area contributed by atoms with Crippen LogP contribution < -0.4 is 5.01 Å². The Kier molecular flexibility index (Phi) is 3.85. The average Bonchev–Trinajstić information content (AvgIpc) is 3.04. The van der Waals surface area contributed by atoms with Gasteiger partial charge in [0.25, 0.3) is 0 Å². The van der Waals surface area contributed by atoms with E-state index < -0.39 is 0 Å². The van der Waals surface area contributed by atoms with Crippen LogP contribution in [0.2, 0.25) is 0 Å². The fourth-order valence-electron chi connectivity index (χ4n) is 1.80. The van der Waals surface area contributed by atoms with Crippen LogP contribution in [0.15, 0.2) is 76.7 Å². The highest BCUT2D eigenvalue weighted by Crippen LogP contribution is 2.27. The molecular weight excluding hydrogens is 266 g/mol. The Balaban J connectivity index is 1.93. The molecule has 0 spiro atoms. The van der Waals surface area contributed by atoms with Crippen molar-refractivity contribution in [1.29, 1.82) is 0 Å². The molecular formula is C16H13N3S. The van der Waals surface area contributed by atoms with Gasteiger partial charge in [0.15, 0.2) is 0 Å². The number of pyridine rings is 1. The Hall–Kier alpha value is -2.46. The lowest BCUT2D eigenvalue weighted by Crippen LogP contribution is -2.08. The molecule has 3 rings (SSSR count). The summed E-state index contributed by atoms with van der Waals surface area (Å²) in [5.74, 6) is 0. The van der Waals surface area contributed by atoms with E-state index in [-0.39, 0.29) is 0 Å². The number of para-hydroxylation sites is 1. The highest BCUT2D eigenvalue weighted by atomic mass is 32.1. The molecule has 3 nitrogen and oxygen atoms in total. The molecule has 98 valence electrons. The van der Waals surface area contributed by atoms with E-state index in [9.17, 15) is 0 Å². The standard InChI is InChI=1S/C16H13N3S/c1-2-7-15(8-3-1)19(16-9-11-20-13-16)18-12-14-6-4-5-10-17-14/h1-13H/b18-12+. The number of aromatic nitrogens is 1. The molecule has 0 saturated carbocycles. The number of nitrogens with zero attached hydrogens (tertiary/aromatic N) is 3. The molecule has 1 aromatic carbocycles. The van der Waals surface area contributed by atoms with Crippen molar-refractivity contribution in [2.75, 3.05) is 5.01 Å². The number of thiophene rings is 1. The Morgan fingerprint density at radius 1 is 0.950 bits per heavy atom. The molecule has 0 atom stereocenters. The van der Waals surface area contributed by atoms with Crippen LogP contribution in [-0.4, -0.2) is 11.2 Å². The maximum atomic E-state index is 4.56. The molecule has 0 radical (unpaired) electrons. The van der Waals surface area contributed by atoms with E-state index in [0.717, 1.165) is 17.1 Å². The van der Waals surface area contributed by atoms with Crippen molar-refractivity contribution in [3.63, 3.8) is 0 Å². The van der Waals surface area contributed by atoms with Gasteiger partial charge >= 0.3 is 0 Å². The van der Waals surface area contributed by atoms with Crippen LogP contribution in [0, 0.1) is 0 Å². The normalized spacial score (nSPS) is 10.8. The smallest absolute Gasteiger partial charge is 0.0830 e. The first-order valence-electron chi connectivity index (χ1n) is 6.26. The molecule has 0 aliphatic heterocycles. The Labute approximate surface area is 121 Å². The summed E-state index contributed by atoms with van der Waals surface area (Å²) in [6.07, 6.45) is 3.53. The van der Waals surface area contributed by atoms with Gasteiger partial charge in [0.2, 0.25) is 0 Å². The summed E-state index contributed by atoms with van der Waals surface area (Å²) in [7, 11) is 0. The summed E-state index contributed by atoms with van der Waals surface area (Å²) in [5, 5.41) is 10.6. The maximum absolute atomic E-state index is 4.56. The molecule has 20 heavy (non-hydrogen) atoms. The lowest BCUT2D eigenvalue weighted by Gasteiger charge is -2.17. The van der Waals surface area contributed by atoms with Crippen molar-refractivity contribution in [3.05, 3.63) is 77.2 Å². The lowest BCUT2D eigenvalue weighted by atomic mass is 10.3. The third-order valence-corrected chi connectivity index (χ3v) is 3.42. The quantitative estimate of drug-likeness (QED) is 0.526. The molecule has 0 fully saturated rings. The van der Waals surface area contributed by atoms with Crippen molar-refractivity contribution < 1.29 is 0 Å². The highest BCUT2D eigenvalue weighted by Gasteiger charge is 2.07. The van der Waals surface area contributed by atoms with E-state index in [1.54, 1.807) is 23.7 Å². The molecule has 2 aromatic heterocycles. The predicted octanol–water partition coefficient (Wildman–Crippen LogP) is 4.32. The maximum Gasteiger partial charge on any atom is 0.0830 e. The molecule has 0 unspecified atom stereocenters. The van der Waals surface area contributed by atoms with Crippen LogP contribution in [0.4, 0.5) is 11.4 Å². The Morgan fingerprint density at radius 2 is 1.80 bits per heavy atom. The highest BCUT2D eigenvalue weighted by molar-refractivity contribution is 7.08. The molecule has 0 aliphatic rings. The Morgan fingerprint density at radius 3 is 2.50 bits per heavy atom. The molecule has 0 N–H and O–H groups in total. The number of hydrogen-bond donors (Lipinski definition) is 0. The second-order valence-corrected chi connectivity index (χ2v) is 4.91. The van der Waals surface area contributed by atoms with Crippen molar-refractivity contribution >= 4 is 28.9 Å². The van der Waals surface area contributed by atoms with Crippen LogP contribution in [0.1, 0.15) is 5.69 Å². The molecule has 0 saturated heterocycles. The van der Waals surface area contributed by atoms with Gasteiger partial charge in [-0.25, -0.2) is 5.01 Å². The van der Waals surface area contributed by atoms with Gasteiger partial charge < -0.3 is 0 Å². The zero-order valence-electron chi connectivity index (χ0n) is 10.8. The number of rotatable bonds is 4. The predicted molar refractivity (Wildman–Crippen MR) is 84.7 cm³/mol. The fourth-order valence-corrected chi connectivity index (χ4v) is 2.41. The van der Waals surface area contributed by atoms with E-state index in [1.807, 2.05) is 65.0 Å². The van der Waals surface area contributed by atoms with Crippen LogP contribution >= 0.6 is 11.3 Å². The van der Waals surface area contributed by atoms with E-state index in [2.05, 4.69) is 15.5 Å². The van der Waals surface area contributed by atoms with Crippen molar-refractivity contribution in [3.8, 4) is 0 Å². The van der Waals surface area contributed by atoms with Crippen LogP contribution in [-0.2, 0) is 0 Å². The largest absolute Gasteiger partial charge is 0.255 e. The first-order valence-corrected chi connectivity index (χ1v) is 7.20. The number of anilines is 2. The summed E-state index contributed by atoms with van der Waals surface area (Å²) < 4.78 is 0. The monoisotopic (exact) mass is 279 g/mol. The summed E-state index contributed by atoms with van der Waals surface area (Å²) in [5.41, 5.74) is 2.91. The fraction of sp³-hybridized carbons (Fsp3) is 0. The molecule has 4 heteroatoms. The van der Waals surface area contributed by atoms with Crippen molar-refractivity contribution in [1.82, 2.24) is 4.98 Å². The Bertz CT molecular complexity index is 663. The summed E-state index contributed by atoms with van der Waals surface area (Å²) in [6, 6.07) is 17.9. The van der Waals surface area contributed by atoms with Gasteiger partial charge in [-0.05, 0) is 35.7 Å². The zero-order chi connectivity index (χ0) is 13.6. The summed E-state index contributed by atoms with van der Waals surface area (Å²) in [4.78, 5) is 4.25. The molecule has 2 heterocycles. The molecule has 0 aliphatic carbocycles. The molecule has 0 amide bonds. The topological polar surface area (TPSA) is 28.5 Å². The van der Waals surface area contributed by atoms with Crippen molar-refractivity contribution in [2.24, 2.45) is 5.10 Å². The third-order valence-electron chi connectivity index (χ3n) is 2.74. The minimum atomic E-state index is 0.837. The van der Waals surface area contributed by atoms with E-state index >= 15 is 0 Å². The zero-order valence-corrected chi connectivity index (χ0v) is 11.6. The number of benzene rings is 1. The average molecular weight is 279 g/mol. The summed E-state index contributed by atoms with van der Waals surface area (Å²) >= 11 is 1.65. The minimum absolute atomic E-state index is 0.837. The van der Waals surface area contributed by atoms with E-state index in [4.69, 9.17) is 0 Å². The molecule has 0 bridgehead atoms. The van der Waals surface area contributed by atoms with Gasteiger partial charge in [-0.3, -0.25) is 4.98 Å². The third kappa shape index (κ3) is 2.92. The first kappa shape index (κ1) is 12.6. The second kappa shape index (κ2) is 6.12. The van der Waals surface area contributed by atoms with E-state index in [0.29, 0.717) is 0 Å². The SMILES string of the molecule is C(=N\N(c1ccccc1)c1ccsc1)/c1ccccn1. The van der Waals surface area contributed by atoms with Gasteiger partial charge in [-0.2, -0.15) is 16.4 Å². The van der Waals surface area contributed by atoms with Crippen LogP contribution in [0.25, 0.3) is 0 Å². The molecule has 3 aromatic rings. The van der Waals surface area contributed by atoms with Gasteiger partial charge in [-0.1, -0.05) is 24.3 Å². The van der Waals surface area contributed by atoms with Crippen LogP contribution in [0.5, 0.6) is 0 Å². The van der Waals surface area contributed by atoms with Crippen molar-refractivity contribution in [2.45, 2.75) is 0 Å². The van der Waals surface area contributed by atoms with Gasteiger partial charge in [0, 0.05) is 11.6 Å². The van der Waals surface area contributed by atoms with Gasteiger partial charge in [0.05, 0.1) is 23.3 Å². The number of hydrazone groups is 1. The van der Waals surface area contributed by atoms with Crippen LogP contribution in [0.3, 0.4) is 0 Å².